The lowest BCUT2D eigenvalue weighted by Gasteiger charge is -2.24. The maximum atomic E-state index is 13.0. The second kappa shape index (κ2) is 7.19. The summed E-state index contributed by atoms with van der Waals surface area (Å²) in [6, 6.07) is 9.17. The summed E-state index contributed by atoms with van der Waals surface area (Å²) in [5, 5.41) is 13.2. The van der Waals surface area contributed by atoms with Gasteiger partial charge in [-0.15, -0.1) is 0 Å². The average Bonchev–Trinajstić information content (AvgIpc) is 3.15. The Bertz CT molecular complexity index is 723. The minimum Gasteiger partial charge on any atom is -0.384 e. The van der Waals surface area contributed by atoms with E-state index in [-0.39, 0.29) is 18.3 Å². The molecule has 0 bridgehead atoms. The molecule has 0 spiro atoms. The Morgan fingerprint density at radius 1 is 1.24 bits per heavy atom. The van der Waals surface area contributed by atoms with Crippen LogP contribution in [0.25, 0.3) is 0 Å². The molecule has 1 unspecified atom stereocenters. The van der Waals surface area contributed by atoms with Gasteiger partial charge in [0.2, 0.25) is 0 Å². The molecule has 2 aromatic rings. The molecular weight excluding hydrogens is 321 g/mol. The molecule has 1 atom stereocenters. The predicted molar refractivity (Wildman–Crippen MR) is 94.0 cm³/mol. The van der Waals surface area contributed by atoms with E-state index >= 15 is 0 Å². The van der Waals surface area contributed by atoms with E-state index in [0.717, 1.165) is 18.9 Å². The maximum Gasteiger partial charge on any atom is 0.252 e. The van der Waals surface area contributed by atoms with Gasteiger partial charge in [0.1, 0.15) is 17.2 Å². The van der Waals surface area contributed by atoms with Crippen LogP contribution in [0.2, 0.25) is 0 Å². The van der Waals surface area contributed by atoms with E-state index in [4.69, 9.17) is 0 Å². The molecule has 1 fully saturated rings. The molecule has 6 heteroatoms. The van der Waals surface area contributed by atoms with Crippen molar-refractivity contribution in [2.75, 3.05) is 24.5 Å². The third-order valence-corrected chi connectivity index (χ3v) is 4.50. The molecule has 0 radical (unpaired) electrons. The van der Waals surface area contributed by atoms with Crippen LogP contribution in [-0.4, -0.2) is 35.6 Å². The highest BCUT2D eigenvalue weighted by Crippen LogP contribution is 2.20. The van der Waals surface area contributed by atoms with Gasteiger partial charge in [0.15, 0.2) is 0 Å². The van der Waals surface area contributed by atoms with Crippen molar-refractivity contribution in [3.63, 3.8) is 0 Å². The Labute approximate surface area is 146 Å². The molecule has 3 rings (SSSR count). The number of rotatable bonds is 5. The third kappa shape index (κ3) is 4.14. The van der Waals surface area contributed by atoms with Gasteiger partial charge in [-0.05, 0) is 49.6 Å². The van der Waals surface area contributed by atoms with Crippen LogP contribution in [0.15, 0.2) is 42.6 Å². The molecule has 132 valence electrons. The molecule has 2 N–H and O–H groups in total. The number of benzene rings is 1. The number of carbonyl (C=O) groups excluding carboxylic acids is 1. The molecule has 2 heterocycles. The molecule has 0 saturated carbocycles. The van der Waals surface area contributed by atoms with Gasteiger partial charge >= 0.3 is 0 Å². The number of carbonyl (C=O) groups is 1. The van der Waals surface area contributed by atoms with Crippen molar-refractivity contribution in [1.82, 2.24) is 10.3 Å². The quantitative estimate of drug-likeness (QED) is 0.875. The SMILES string of the molecule is CC(O)(CNC(=O)c1ccc(N2CCCC2)nc1)c1ccc(F)cc1. The fraction of sp³-hybridized carbons (Fsp3) is 0.368. The van der Waals surface area contributed by atoms with Crippen molar-refractivity contribution < 1.29 is 14.3 Å². The summed E-state index contributed by atoms with van der Waals surface area (Å²) in [5.41, 5.74) is -0.304. The van der Waals surface area contributed by atoms with E-state index in [0.29, 0.717) is 11.1 Å². The first kappa shape index (κ1) is 17.4. The lowest BCUT2D eigenvalue weighted by atomic mass is 9.96. The van der Waals surface area contributed by atoms with E-state index in [2.05, 4.69) is 15.2 Å². The molecule has 1 aliphatic heterocycles. The first-order valence-electron chi connectivity index (χ1n) is 8.43. The van der Waals surface area contributed by atoms with Crippen LogP contribution in [0.3, 0.4) is 0 Å². The lowest BCUT2D eigenvalue weighted by molar-refractivity contribution is 0.0526. The van der Waals surface area contributed by atoms with Crippen molar-refractivity contribution >= 4 is 11.7 Å². The molecule has 1 amide bonds. The standard InChI is InChI=1S/C19H22FN3O2/c1-19(25,15-5-7-16(20)8-6-15)13-22-18(24)14-4-9-17(21-12-14)23-10-2-3-11-23/h4-9,12,25H,2-3,10-11,13H2,1H3,(H,22,24). The van der Waals surface area contributed by atoms with Gasteiger partial charge in [0.25, 0.3) is 5.91 Å². The van der Waals surface area contributed by atoms with Crippen LogP contribution in [0.1, 0.15) is 35.7 Å². The van der Waals surface area contributed by atoms with E-state index in [9.17, 15) is 14.3 Å². The van der Waals surface area contributed by atoms with Crippen LogP contribution < -0.4 is 10.2 Å². The van der Waals surface area contributed by atoms with Gasteiger partial charge in [-0.25, -0.2) is 9.37 Å². The molecule has 1 saturated heterocycles. The molecule has 1 aromatic heterocycles. The Kier molecular flexibility index (Phi) is 4.99. The summed E-state index contributed by atoms with van der Waals surface area (Å²) in [5.74, 6) is 0.211. The number of anilines is 1. The number of hydrogen-bond acceptors (Lipinski definition) is 4. The van der Waals surface area contributed by atoms with Gasteiger partial charge in [0, 0.05) is 19.3 Å². The van der Waals surface area contributed by atoms with Gasteiger partial charge in [0.05, 0.1) is 12.1 Å². The Morgan fingerprint density at radius 2 is 1.92 bits per heavy atom. The van der Waals surface area contributed by atoms with E-state index in [1.54, 1.807) is 19.2 Å². The molecular formula is C19H22FN3O2. The highest BCUT2D eigenvalue weighted by Gasteiger charge is 2.24. The fourth-order valence-electron chi connectivity index (χ4n) is 2.92. The van der Waals surface area contributed by atoms with Gasteiger partial charge in [-0.1, -0.05) is 12.1 Å². The van der Waals surface area contributed by atoms with Crippen molar-refractivity contribution in [3.05, 3.63) is 59.5 Å². The zero-order valence-electron chi connectivity index (χ0n) is 14.2. The van der Waals surface area contributed by atoms with Crippen LogP contribution in [0.5, 0.6) is 0 Å². The van der Waals surface area contributed by atoms with Crippen LogP contribution >= 0.6 is 0 Å². The number of pyridine rings is 1. The summed E-state index contributed by atoms with van der Waals surface area (Å²) in [6.45, 7) is 3.60. The van der Waals surface area contributed by atoms with Crippen molar-refractivity contribution in [2.45, 2.75) is 25.4 Å². The summed E-state index contributed by atoms with van der Waals surface area (Å²) in [4.78, 5) is 18.8. The van der Waals surface area contributed by atoms with Gasteiger partial charge in [-0.3, -0.25) is 4.79 Å². The Hall–Kier alpha value is -2.47. The van der Waals surface area contributed by atoms with Crippen LogP contribution in [-0.2, 0) is 5.60 Å². The number of hydrogen-bond donors (Lipinski definition) is 2. The number of aliphatic hydroxyl groups is 1. The summed E-state index contributed by atoms with van der Waals surface area (Å²) in [6.07, 6.45) is 3.89. The van der Waals surface area contributed by atoms with E-state index in [1.165, 1.54) is 37.1 Å². The first-order valence-corrected chi connectivity index (χ1v) is 8.43. The van der Waals surface area contributed by atoms with Gasteiger partial charge < -0.3 is 15.3 Å². The fourth-order valence-corrected chi connectivity index (χ4v) is 2.92. The van der Waals surface area contributed by atoms with E-state index < -0.39 is 5.60 Å². The minimum absolute atomic E-state index is 0.0192. The summed E-state index contributed by atoms with van der Waals surface area (Å²) >= 11 is 0. The average molecular weight is 343 g/mol. The number of amides is 1. The molecule has 1 aliphatic rings. The summed E-state index contributed by atoms with van der Waals surface area (Å²) < 4.78 is 13.0. The zero-order chi connectivity index (χ0) is 17.9. The van der Waals surface area contributed by atoms with E-state index in [1.807, 2.05) is 6.07 Å². The van der Waals surface area contributed by atoms with Crippen molar-refractivity contribution in [3.8, 4) is 0 Å². The molecule has 25 heavy (non-hydrogen) atoms. The second-order valence-corrected chi connectivity index (χ2v) is 6.56. The van der Waals surface area contributed by atoms with Crippen LogP contribution in [0.4, 0.5) is 10.2 Å². The first-order chi connectivity index (χ1) is 12.0. The smallest absolute Gasteiger partial charge is 0.252 e. The predicted octanol–water partition coefficient (Wildman–Crippen LogP) is 2.46. The normalized spacial score (nSPS) is 16.5. The summed E-state index contributed by atoms with van der Waals surface area (Å²) in [7, 11) is 0. The highest BCUT2D eigenvalue weighted by molar-refractivity contribution is 5.94. The number of nitrogens with one attached hydrogen (secondary N) is 1. The monoisotopic (exact) mass is 343 g/mol. The third-order valence-electron chi connectivity index (χ3n) is 4.50. The van der Waals surface area contributed by atoms with Crippen molar-refractivity contribution in [2.24, 2.45) is 0 Å². The lowest BCUT2D eigenvalue weighted by Crippen LogP contribution is -2.38. The second-order valence-electron chi connectivity index (χ2n) is 6.56. The minimum atomic E-state index is -1.29. The molecule has 0 aliphatic carbocycles. The highest BCUT2D eigenvalue weighted by atomic mass is 19.1. The zero-order valence-corrected chi connectivity index (χ0v) is 14.2. The maximum absolute atomic E-state index is 13.0. The van der Waals surface area contributed by atoms with Crippen LogP contribution in [0, 0.1) is 5.82 Å². The number of nitrogens with zero attached hydrogens (tertiary/aromatic N) is 2. The Balaban J connectivity index is 1.60. The number of aromatic nitrogens is 1. The Morgan fingerprint density at radius 3 is 2.52 bits per heavy atom. The topological polar surface area (TPSA) is 65.5 Å². The molecule has 5 nitrogen and oxygen atoms in total. The number of halogens is 1. The van der Waals surface area contributed by atoms with Gasteiger partial charge in [-0.2, -0.15) is 0 Å². The van der Waals surface area contributed by atoms with Crippen molar-refractivity contribution in [1.29, 1.82) is 0 Å². The molecule has 1 aromatic carbocycles. The largest absolute Gasteiger partial charge is 0.384 e.